The van der Waals surface area contributed by atoms with E-state index < -0.39 is 0 Å². The highest BCUT2D eigenvalue weighted by molar-refractivity contribution is 9.10. The van der Waals surface area contributed by atoms with Crippen LogP contribution in [0.4, 0.5) is 5.69 Å². The number of nitrogens with zero attached hydrogens (tertiary/aromatic N) is 1. The molecular formula is C20H25BrN4O2. The molecule has 0 aromatic heterocycles. The molecule has 3 N–H and O–H groups in total. The summed E-state index contributed by atoms with van der Waals surface area (Å²) in [5.74, 6) is 1.42. The minimum Gasteiger partial charge on any atom is -0.492 e. The molecule has 0 bridgehead atoms. The van der Waals surface area contributed by atoms with Crippen molar-refractivity contribution in [2.24, 2.45) is 4.99 Å². The molecule has 0 heterocycles. The van der Waals surface area contributed by atoms with E-state index in [9.17, 15) is 4.79 Å². The molecular weight excluding hydrogens is 408 g/mol. The number of rotatable bonds is 8. The van der Waals surface area contributed by atoms with Gasteiger partial charge in [-0.1, -0.05) is 40.2 Å². The predicted octanol–water partition coefficient (Wildman–Crippen LogP) is 3.33. The van der Waals surface area contributed by atoms with Crippen molar-refractivity contribution in [2.45, 2.75) is 13.3 Å². The largest absolute Gasteiger partial charge is 0.492 e. The number of guanidine groups is 1. The molecule has 0 radical (unpaired) electrons. The van der Waals surface area contributed by atoms with Gasteiger partial charge < -0.3 is 20.7 Å². The fraction of sp³-hybridized carbons (Fsp3) is 0.300. The third kappa shape index (κ3) is 7.70. The van der Waals surface area contributed by atoms with Gasteiger partial charge in [-0.15, -0.1) is 0 Å². The summed E-state index contributed by atoms with van der Waals surface area (Å²) in [5, 5.41) is 9.20. The quantitative estimate of drug-likeness (QED) is 0.339. The summed E-state index contributed by atoms with van der Waals surface area (Å²) >= 11 is 3.41. The van der Waals surface area contributed by atoms with E-state index in [0.717, 1.165) is 21.5 Å². The van der Waals surface area contributed by atoms with Gasteiger partial charge >= 0.3 is 0 Å². The van der Waals surface area contributed by atoms with Crippen LogP contribution in [0.2, 0.25) is 0 Å². The maximum absolute atomic E-state index is 12.1. The molecule has 0 aliphatic rings. The van der Waals surface area contributed by atoms with E-state index in [2.05, 4.69) is 36.9 Å². The summed E-state index contributed by atoms with van der Waals surface area (Å²) in [4.78, 5) is 16.3. The summed E-state index contributed by atoms with van der Waals surface area (Å²) in [7, 11) is 1.69. The first-order valence-electron chi connectivity index (χ1n) is 8.77. The van der Waals surface area contributed by atoms with Gasteiger partial charge in [-0.2, -0.15) is 0 Å². The van der Waals surface area contributed by atoms with Crippen LogP contribution in [0.15, 0.2) is 58.0 Å². The second kappa shape index (κ2) is 11.2. The van der Waals surface area contributed by atoms with Crippen molar-refractivity contribution in [2.75, 3.05) is 32.1 Å². The van der Waals surface area contributed by atoms with E-state index >= 15 is 0 Å². The average Bonchev–Trinajstić information content (AvgIpc) is 2.67. The van der Waals surface area contributed by atoms with Crippen LogP contribution in [-0.4, -0.2) is 38.6 Å². The average molecular weight is 433 g/mol. The lowest BCUT2D eigenvalue weighted by Crippen LogP contribution is -2.40. The van der Waals surface area contributed by atoms with Gasteiger partial charge in [0.05, 0.1) is 6.54 Å². The van der Waals surface area contributed by atoms with Crippen LogP contribution < -0.4 is 20.7 Å². The highest BCUT2D eigenvalue weighted by Crippen LogP contribution is 2.20. The van der Waals surface area contributed by atoms with Gasteiger partial charge in [0.2, 0.25) is 5.91 Å². The first kappa shape index (κ1) is 20.8. The molecule has 0 atom stereocenters. The Bertz CT molecular complexity index is 766. The van der Waals surface area contributed by atoms with Crippen molar-refractivity contribution in [3.8, 4) is 5.75 Å². The maximum atomic E-state index is 12.1. The fourth-order valence-electron chi connectivity index (χ4n) is 2.31. The van der Waals surface area contributed by atoms with Crippen molar-refractivity contribution in [1.29, 1.82) is 0 Å². The predicted molar refractivity (Wildman–Crippen MR) is 113 cm³/mol. The number of ether oxygens (including phenoxy) is 1. The maximum Gasteiger partial charge on any atom is 0.226 e. The standard InChI is InChI=1S/C20H25BrN4O2/c1-15-8-9-16(21)14-18(15)25-19(26)10-11-23-20(22-2)24-12-13-27-17-6-4-3-5-7-17/h3-9,14H,10-13H2,1-2H3,(H,25,26)(H2,22,23,24). The fourth-order valence-corrected chi connectivity index (χ4v) is 2.67. The molecule has 0 aliphatic heterocycles. The molecule has 144 valence electrons. The Kier molecular flexibility index (Phi) is 8.64. The van der Waals surface area contributed by atoms with E-state index in [4.69, 9.17) is 4.74 Å². The molecule has 7 heteroatoms. The summed E-state index contributed by atoms with van der Waals surface area (Å²) in [6.45, 7) is 3.58. The molecule has 6 nitrogen and oxygen atoms in total. The van der Waals surface area contributed by atoms with Crippen molar-refractivity contribution < 1.29 is 9.53 Å². The van der Waals surface area contributed by atoms with Crippen LogP contribution >= 0.6 is 15.9 Å². The zero-order chi connectivity index (χ0) is 19.5. The van der Waals surface area contributed by atoms with Crippen molar-refractivity contribution in [3.05, 3.63) is 58.6 Å². The lowest BCUT2D eigenvalue weighted by molar-refractivity contribution is -0.116. The number of aryl methyl sites for hydroxylation is 1. The number of benzene rings is 2. The summed E-state index contributed by atoms with van der Waals surface area (Å²) < 4.78 is 6.55. The number of aliphatic imine (C=N–C) groups is 1. The van der Waals surface area contributed by atoms with Gasteiger partial charge in [-0.3, -0.25) is 9.79 Å². The summed E-state index contributed by atoms with van der Waals surface area (Å²) in [6, 6.07) is 15.5. The van der Waals surface area contributed by atoms with Crippen molar-refractivity contribution in [3.63, 3.8) is 0 Å². The Morgan fingerprint density at radius 3 is 2.59 bits per heavy atom. The van der Waals surface area contributed by atoms with E-state index in [1.807, 2.05) is 55.5 Å². The van der Waals surface area contributed by atoms with Crippen LogP contribution in [0.3, 0.4) is 0 Å². The molecule has 0 aliphatic carbocycles. The SMILES string of the molecule is CN=C(NCCOc1ccccc1)NCCC(=O)Nc1cc(Br)ccc1C. The van der Waals surface area contributed by atoms with Crippen molar-refractivity contribution >= 4 is 33.5 Å². The number of hydrogen-bond acceptors (Lipinski definition) is 3. The molecule has 2 aromatic rings. The highest BCUT2D eigenvalue weighted by atomic mass is 79.9. The van der Waals surface area contributed by atoms with E-state index in [1.165, 1.54) is 0 Å². The van der Waals surface area contributed by atoms with Gasteiger partial charge in [0.15, 0.2) is 5.96 Å². The molecule has 1 amide bonds. The van der Waals surface area contributed by atoms with E-state index in [1.54, 1.807) is 7.05 Å². The molecule has 0 saturated heterocycles. The van der Waals surface area contributed by atoms with Gasteiger partial charge in [0.1, 0.15) is 12.4 Å². The second-order valence-corrected chi connectivity index (χ2v) is 6.76. The molecule has 0 fully saturated rings. The molecule has 2 rings (SSSR count). The second-order valence-electron chi connectivity index (χ2n) is 5.84. The number of para-hydroxylation sites is 1. The molecule has 0 spiro atoms. The van der Waals surface area contributed by atoms with Crippen LogP contribution in [0, 0.1) is 6.92 Å². The van der Waals surface area contributed by atoms with Crippen LogP contribution in [0.5, 0.6) is 5.75 Å². The number of hydrogen-bond donors (Lipinski definition) is 3. The Hall–Kier alpha value is -2.54. The Labute approximate surface area is 168 Å². The van der Waals surface area contributed by atoms with E-state index in [0.29, 0.717) is 32.1 Å². The highest BCUT2D eigenvalue weighted by Gasteiger charge is 2.06. The molecule has 2 aromatic carbocycles. The number of nitrogens with one attached hydrogen (secondary N) is 3. The van der Waals surface area contributed by atoms with Gasteiger partial charge in [0.25, 0.3) is 0 Å². The smallest absolute Gasteiger partial charge is 0.226 e. The minimum atomic E-state index is -0.0495. The summed E-state index contributed by atoms with van der Waals surface area (Å²) in [5.41, 5.74) is 1.84. The minimum absolute atomic E-state index is 0.0495. The van der Waals surface area contributed by atoms with E-state index in [-0.39, 0.29) is 5.91 Å². The first-order chi connectivity index (χ1) is 13.1. The topological polar surface area (TPSA) is 74.8 Å². The Morgan fingerprint density at radius 2 is 1.85 bits per heavy atom. The number of carbonyl (C=O) groups is 1. The summed E-state index contributed by atoms with van der Waals surface area (Å²) in [6.07, 6.45) is 0.340. The lowest BCUT2D eigenvalue weighted by Gasteiger charge is -2.13. The first-order valence-corrected chi connectivity index (χ1v) is 9.56. The number of halogens is 1. The Morgan fingerprint density at radius 1 is 1.11 bits per heavy atom. The number of carbonyl (C=O) groups excluding carboxylic acids is 1. The van der Waals surface area contributed by atoms with Crippen LogP contribution in [0.1, 0.15) is 12.0 Å². The lowest BCUT2D eigenvalue weighted by atomic mass is 10.2. The Balaban J connectivity index is 1.65. The third-order valence-electron chi connectivity index (χ3n) is 3.75. The molecule has 0 saturated carbocycles. The van der Waals surface area contributed by atoms with Gasteiger partial charge in [-0.25, -0.2) is 0 Å². The van der Waals surface area contributed by atoms with Crippen molar-refractivity contribution in [1.82, 2.24) is 10.6 Å². The molecule has 27 heavy (non-hydrogen) atoms. The van der Waals surface area contributed by atoms with Crippen LogP contribution in [0.25, 0.3) is 0 Å². The van der Waals surface area contributed by atoms with Crippen LogP contribution in [-0.2, 0) is 4.79 Å². The van der Waals surface area contributed by atoms with Gasteiger partial charge in [-0.05, 0) is 36.8 Å². The number of amides is 1. The zero-order valence-corrected chi connectivity index (χ0v) is 17.2. The monoisotopic (exact) mass is 432 g/mol. The normalized spacial score (nSPS) is 11.0. The zero-order valence-electron chi connectivity index (χ0n) is 15.6. The number of anilines is 1. The molecule has 0 unspecified atom stereocenters. The third-order valence-corrected chi connectivity index (χ3v) is 4.24. The van der Waals surface area contributed by atoms with Gasteiger partial charge in [0, 0.05) is 30.2 Å².